The predicted molar refractivity (Wildman–Crippen MR) is 126 cm³/mol. The van der Waals surface area contributed by atoms with E-state index in [4.69, 9.17) is 5.73 Å². The highest BCUT2D eigenvalue weighted by Crippen LogP contribution is 2.31. The number of rotatable bonds is 7. The van der Waals surface area contributed by atoms with Crippen molar-refractivity contribution in [1.82, 2.24) is 15.0 Å². The molecular formula is C24H17F4N7O. The molecule has 8 nitrogen and oxygen atoms in total. The average molecular weight is 495 g/mol. The second-order valence-electron chi connectivity index (χ2n) is 7.38. The van der Waals surface area contributed by atoms with Gasteiger partial charge in [-0.15, -0.1) is 0 Å². The molecular weight excluding hydrogens is 478 g/mol. The van der Waals surface area contributed by atoms with Crippen molar-refractivity contribution < 1.29 is 22.4 Å². The number of pyridine rings is 1. The first kappa shape index (κ1) is 24.3. The molecule has 4 aromatic rings. The van der Waals surface area contributed by atoms with Crippen LogP contribution in [-0.2, 0) is 6.18 Å². The molecule has 0 saturated heterocycles. The van der Waals surface area contributed by atoms with Gasteiger partial charge in [0.05, 0.1) is 35.6 Å². The number of carbonyl (C=O) groups excluding carboxylic acids is 1. The quantitative estimate of drug-likeness (QED) is 0.189. The van der Waals surface area contributed by atoms with Crippen LogP contribution >= 0.6 is 0 Å². The summed E-state index contributed by atoms with van der Waals surface area (Å²) in [6.07, 6.45) is -0.691. The molecule has 0 unspecified atom stereocenters. The second-order valence-corrected chi connectivity index (χ2v) is 7.38. The minimum Gasteiger partial charge on any atom is -0.366 e. The molecule has 0 radical (unpaired) electrons. The molecule has 182 valence electrons. The van der Waals surface area contributed by atoms with E-state index in [2.05, 4.69) is 30.8 Å². The molecule has 0 atom stereocenters. The number of hydrazone groups is 1. The third-order valence-electron chi connectivity index (χ3n) is 4.79. The Bertz CT molecular complexity index is 1420. The molecule has 0 aliphatic rings. The summed E-state index contributed by atoms with van der Waals surface area (Å²) in [7, 11) is 0. The van der Waals surface area contributed by atoms with E-state index in [0.717, 1.165) is 18.3 Å². The average Bonchev–Trinajstić information content (AvgIpc) is 2.86. The van der Waals surface area contributed by atoms with Crippen LogP contribution in [0, 0.1) is 5.82 Å². The Morgan fingerprint density at radius 1 is 0.972 bits per heavy atom. The topological polar surface area (TPSA) is 118 Å². The van der Waals surface area contributed by atoms with E-state index in [9.17, 15) is 22.4 Å². The molecule has 0 bridgehead atoms. The maximum Gasteiger partial charge on any atom is 0.416 e. The normalized spacial score (nSPS) is 11.4. The van der Waals surface area contributed by atoms with Crippen LogP contribution in [0.25, 0.3) is 11.3 Å². The van der Waals surface area contributed by atoms with E-state index in [1.54, 1.807) is 24.3 Å². The van der Waals surface area contributed by atoms with E-state index in [-0.39, 0.29) is 22.9 Å². The lowest BCUT2D eigenvalue weighted by atomic mass is 10.1. The third kappa shape index (κ3) is 5.97. The van der Waals surface area contributed by atoms with E-state index in [1.807, 2.05) is 0 Å². The summed E-state index contributed by atoms with van der Waals surface area (Å²) in [5.41, 5.74) is 8.74. The molecule has 2 aromatic heterocycles. The monoisotopic (exact) mass is 495 g/mol. The van der Waals surface area contributed by atoms with Crippen molar-refractivity contribution in [3.8, 4) is 11.3 Å². The van der Waals surface area contributed by atoms with Crippen LogP contribution in [0.4, 0.5) is 34.9 Å². The van der Waals surface area contributed by atoms with Crippen molar-refractivity contribution in [2.24, 2.45) is 10.8 Å². The van der Waals surface area contributed by atoms with Gasteiger partial charge in [-0.05, 0) is 42.5 Å². The van der Waals surface area contributed by atoms with Gasteiger partial charge in [-0.3, -0.25) is 9.78 Å². The number of carbonyl (C=O) groups is 1. The van der Waals surface area contributed by atoms with Gasteiger partial charge in [0, 0.05) is 16.8 Å². The fourth-order valence-electron chi connectivity index (χ4n) is 3.09. The lowest BCUT2D eigenvalue weighted by Gasteiger charge is -2.10. The number of aromatic nitrogens is 3. The molecule has 4 rings (SSSR count). The zero-order valence-electron chi connectivity index (χ0n) is 18.3. The lowest BCUT2D eigenvalue weighted by molar-refractivity contribution is -0.137. The molecule has 2 heterocycles. The highest BCUT2D eigenvalue weighted by molar-refractivity contribution is 5.94. The number of primary amides is 1. The highest BCUT2D eigenvalue weighted by Gasteiger charge is 2.30. The summed E-state index contributed by atoms with van der Waals surface area (Å²) < 4.78 is 52.9. The molecule has 0 fully saturated rings. The fourth-order valence-corrected chi connectivity index (χ4v) is 3.09. The number of hydrogen-bond acceptors (Lipinski definition) is 7. The van der Waals surface area contributed by atoms with Gasteiger partial charge in [-0.25, -0.2) is 19.8 Å². The van der Waals surface area contributed by atoms with Crippen LogP contribution in [0.1, 0.15) is 21.6 Å². The van der Waals surface area contributed by atoms with Crippen LogP contribution < -0.4 is 16.5 Å². The van der Waals surface area contributed by atoms with Crippen molar-refractivity contribution in [3.63, 3.8) is 0 Å². The van der Waals surface area contributed by atoms with Crippen LogP contribution in [0.2, 0.25) is 0 Å². The largest absolute Gasteiger partial charge is 0.416 e. The zero-order valence-corrected chi connectivity index (χ0v) is 18.3. The molecule has 1 amide bonds. The summed E-state index contributed by atoms with van der Waals surface area (Å²) in [5, 5.41) is 6.83. The molecule has 12 heteroatoms. The van der Waals surface area contributed by atoms with E-state index < -0.39 is 23.5 Å². The molecule has 0 spiro atoms. The Morgan fingerprint density at radius 2 is 1.78 bits per heavy atom. The summed E-state index contributed by atoms with van der Waals surface area (Å²) in [5.74, 6) is -1.36. The number of hydrogen-bond donors (Lipinski definition) is 3. The van der Waals surface area contributed by atoms with Gasteiger partial charge < -0.3 is 11.1 Å². The number of amides is 1. The summed E-state index contributed by atoms with van der Waals surface area (Å²) in [4.78, 5) is 23.5. The predicted octanol–water partition coefficient (Wildman–Crippen LogP) is 4.99. The van der Waals surface area contributed by atoms with Gasteiger partial charge in [0.25, 0.3) is 0 Å². The molecule has 0 aliphatic heterocycles. The minimum atomic E-state index is -4.44. The van der Waals surface area contributed by atoms with Gasteiger partial charge in [0.1, 0.15) is 5.69 Å². The highest BCUT2D eigenvalue weighted by atomic mass is 19.4. The smallest absolute Gasteiger partial charge is 0.366 e. The molecule has 0 saturated carbocycles. The van der Waals surface area contributed by atoms with Crippen molar-refractivity contribution in [3.05, 3.63) is 95.7 Å². The van der Waals surface area contributed by atoms with Crippen molar-refractivity contribution in [2.75, 3.05) is 10.7 Å². The Labute approximate surface area is 201 Å². The Morgan fingerprint density at radius 3 is 2.50 bits per heavy atom. The van der Waals surface area contributed by atoms with Gasteiger partial charge in [0.2, 0.25) is 11.9 Å². The number of anilines is 3. The maximum atomic E-state index is 14.3. The van der Waals surface area contributed by atoms with Crippen LogP contribution in [0.5, 0.6) is 0 Å². The van der Waals surface area contributed by atoms with Gasteiger partial charge in [-0.1, -0.05) is 18.2 Å². The number of nitrogens with two attached hydrogens (primary N) is 1. The summed E-state index contributed by atoms with van der Waals surface area (Å²) in [6, 6.07) is 14.1. The Balaban J connectivity index is 1.42. The van der Waals surface area contributed by atoms with E-state index in [1.165, 1.54) is 36.7 Å². The van der Waals surface area contributed by atoms with Crippen LogP contribution in [0.3, 0.4) is 0 Å². The first-order valence-corrected chi connectivity index (χ1v) is 10.3. The van der Waals surface area contributed by atoms with Crippen molar-refractivity contribution in [2.45, 2.75) is 6.18 Å². The minimum absolute atomic E-state index is 0.00467. The molecule has 2 aromatic carbocycles. The number of benzene rings is 2. The SMILES string of the molecule is NC(=O)c1cccc(-c2nc(N/N=C/c3ccc(Nc4cccc(C(F)(F)F)c4)cn3)ncc2F)c1. The van der Waals surface area contributed by atoms with Crippen molar-refractivity contribution in [1.29, 1.82) is 0 Å². The van der Waals surface area contributed by atoms with E-state index in [0.29, 0.717) is 16.9 Å². The third-order valence-corrected chi connectivity index (χ3v) is 4.79. The van der Waals surface area contributed by atoms with Crippen LogP contribution in [-0.4, -0.2) is 27.1 Å². The van der Waals surface area contributed by atoms with Crippen LogP contribution in [0.15, 0.2) is 78.2 Å². The second kappa shape index (κ2) is 10.2. The first-order chi connectivity index (χ1) is 17.2. The standard InChI is InChI=1S/C24H17F4N7O/c25-20-13-31-23(34-21(20)14-3-1-4-15(9-14)22(29)36)35-32-12-18-7-8-19(11-30-18)33-17-6-2-5-16(10-17)24(26,27)28/h1-13,33H,(H2,29,36)(H,31,34,35)/b32-12+. The molecule has 0 aliphatic carbocycles. The van der Waals surface area contributed by atoms with Gasteiger partial charge >= 0.3 is 6.18 Å². The van der Waals surface area contributed by atoms with Gasteiger partial charge in [-0.2, -0.15) is 18.3 Å². The Kier molecular flexibility index (Phi) is 6.86. The lowest BCUT2D eigenvalue weighted by Crippen LogP contribution is -2.10. The van der Waals surface area contributed by atoms with E-state index >= 15 is 0 Å². The summed E-state index contributed by atoms with van der Waals surface area (Å²) >= 11 is 0. The van der Waals surface area contributed by atoms with Gasteiger partial charge in [0.15, 0.2) is 5.82 Å². The number of alkyl halides is 3. The van der Waals surface area contributed by atoms with Crippen molar-refractivity contribution >= 4 is 29.4 Å². The first-order valence-electron chi connectivity index (χ1n) is 10.3. The Hall–Kier alpha value is -4.87. The molecule has 4 N–H and O–H groups in total. The number of nitrogens with one attached hydrogen (secondary N) is 2. The molecule has 36 heavy (non-hydrogen) atoms. The number of halogens is 4. The fraction of sp³-hybridized carbons (Fsp3) is 0.0417. The zero-order chi connectivity index (χ0) is 25.7. The maximum absolute atomic E-state index is 14.3. The summed E-state index contributed by atoms with van der Waals surface area (Å²) in [6.45, 7) is 0. The number of nitrogens with zero attached hydrogens (tertiary/aromatic N) is 4.